The van der Waals surface area contributed by atoms with Gasteiger partial charge < -0.3 is 24.5 Å². The average molecular weight is 544 g/mol. The number of aliphatic hydroxyl groups is 1. The minimum absolute atomic E-state index is 0.0689. The van der Waals surface area contributed by atoms with E-state index >= 15 is 0 Å². The summed E-state index contributed by atoms with van der Waals surface area (Å²) in [6, 6.07) is 4.44. The number of para-hydroxylation sites is 1. The molecule has 0 saturated carbocycles. The van der Waals surface area contributed by atoms with Crippen LogP contribution in [0.1, 0.15) is 32.3 Å². The van der Waals surface area contributed by atoms with Crippen molar-refractivity contribution in [1.29, 1.82) is 0 Å². The molecule has 3 amide bonds. The summed E-state index contributed by atoms with van der Waals surface area (Å²) >= 11 is 6.59. The Morgan fingerprint density at radius 3 is 2.55 bits per heavy atom. The molecule has 9 heteroatoms. The molecule has 4 rings (SSSR count). The third kappa shape index (κ3) is 4.08. The van der Waals surface area contributed by atoms with Crippen LogP contribution < -0.4 is 4.90 Å². The lowest BCUT2D eigenvalue weighted by Crippen LogP contribution is -2.57. The number of likely N-dealkylation sites (tertiary alicyclic amines) is 1. The van der Waals surface area contributed by atoms with Gasteiger partial charge in [0.15, 0.2) is 0 Å². The maximum absolute atomic E-state index is 14.6. The number of carbonyl (C=O) groups excluding carboxylic acids is 3. The Labute approximate surface area is 229 Å². The number of likely N-dealkylation sites (N-methyl/N-ethyl adjacent to an activating group) is 1. The summed E-state index contributed by atoms with van der Waals surface area (Å²) in [5.74, 6) is -2.44. The molecule has 0 aromatic heterocycles. The molecule has 38 heavy (non-hydrogen) atoms. The number of hydrogen-bond acceptors (Lipinski definition) is 5. The fourth-order valence-electron chi connectivity index (χ4n) is 6.93. The molecule has 0 radical (unpaired) electrons. The van der Waals surface area contributed by atoms with Gasteiger partial charge in [0, 0.05) is 33.3 Å². The number of ether oxygens (including phenoxy) is 1. The highest BCUT2D eigenvalue weighted by molar-refractivity contribution is 6.34. The lowest BCUT2D eigenvalue weighted by Gasteiger charge is -2.38. The SMILES string of the molecule is C=CCN(C)C(=O)[C@H]1[C@H]2C(=O)N(CCCO)C(C(=O)N(CC=C)c3c(C)cccc3Cl)C23CC(C)[C@]1(C)O3. The summed E-state index contributed by atoms with van der Waals surface area (Å²) in [7, 11) is 1.69. The highest BCUT2D eigenvalue weighted by Gasteiger charge is 2.80. The fraction of sp³-hybridized carbons (Fsp3) is 0.552. The number of halogens is 1. The molecule has 3 aliphatic heterocycles. The molecule has 3 saturated heterocycles. The van der Waals surface area contributed by atoms with Gasteiger partial charge in [0.05, 0.1) is 28.1 Å². The van der Waals surface area contributed by atoms with Crippen LogP contribution in [0.2, 0.25) is 5.02 Å². The van der Waals surface area contributed by atoms with Gasteiger partial charge in [-0.2, -0.15) is 0 Å². The van der Waals surface area contributed by atoms with Crippen LogP contribution >= 0.6 is 11.6 Å². The monoisotopic (exact) mass is 543 g/mol. The zero-order chi connectivity index (χ0) is 28.0. The molecular weight excluding hydrogens is 506 g/mol. The van der Waals surface area contributed by atoms with Gasteiger partial charge in [0.2, 0.25) is 11.8 Å². The van der Waals surface area contributed by atoms with Crippen LogP contribution in [0.25, 0.3) is 0 Å². The fourth-order valence-corrected chi connectivity index (χ4v) is 7.25. The van der Waals surface area contributed by atoms with Gasteiger partial charge in [-0.3, -0.25) is 14.4 Å². The Balaban J connectivity index is 1.86. The van der Waals surface area contributed by atoms with Crippen molar-refractivity contribution in [2.24, 2.45) is 17.8 Å². The normalized spacial score (nSPS) is 31.3. The van der Waals surface area contributed by atoms with Crippen molar-refractivity contribution < 1.29 is 24.2 Å². The summed E-state index contributed by atoms with van der Waals surface area (Å²) in [6.07, 6.45) is 4.03. The number of rotatable bonds is 10. The maximum Gasteiger partial charge on any atom is 0.253 e. The number of nitrogens with zero attached hydrogens (tertiary/aromatic N) is 3. The molecular formula is C29H38ClN3O5. The molecule has 2 bridgehead atoms. The van der Waals surface area contributed by atoms with E-state index in [9.17, 15) is 19.5 Å². The Morgan fingerprint density at radius 1 is 1.26 bits per heavy atom. The van der Waals surface area contributed by atoms with Gasteiger partial charge in [0.25, 0.3) is 5.91 Å². The van der Waals surface area contributed by atoms with E-state index in [0.717, 1.165) is 5.56 Å². The first-order chi connectivity index (χ1) is 18.0. The molecule has 3 fully saturated rings. The third-order valence-corrected chi connectivity index (χ3v) is 8.99. The molecule has 3 heterocycles. The van der Waals surface area contributed by atoms with Crippen molar-refractivity contribution in [2.75, 3.05) is 38.2 Å². The molecule has 6 atom stereocenters. The van der Waals surface area contributed by atoms with Gasteiger partial charge in [0.1, 0.15) is 11.6 Å². The quantitative estimate of drug-likeness (QED) is 0.458. The molecule has 3 unspecified atom stereocenters. The third-order valence-electron chi connectivity index (χ3n) is 8.69. The van der Waals surface area contributed by atoms with Gasteiger partial charge in [-0.05, 0) is 44.2 Å². The molecule has 8 nitrogen and oxygen atoms in total. The molecule has 1 spiro atoms. The van der Waals surface area contributed by atoms with Gasteiger partial charge in [-0.15, -0.1) is 13.2 Å². The van der Waals surface area contributed by atoms with Gasteiger partial charge in [-0.1, -0.05) is 42.8 Å². The summed E-state index contributed by atoms with van der Waals surface area (Å²) in [5.41, 5.74) is -0.720. The smallest absolute Gasteiger partial charge is 0.253 e. The largest absolute Gasteiger partial charge is 0.396 e. The highest BCUT2D eigenvalue weighted by Crippen LogP contribution is 2.65. The number of hydrogen-bond donors (Lipinski definition) is 1. The molecule has 1 aromatic carbocycles. The van der Waals surface area contributed by atoms with Crippen molar-refractivity contribution in [1.82, 2.24) is 9.80 Å². The summed E-state index contributed by atoms with van der Waals surface area (Å²) in [4.78, 5) is 47.1. The van der Waals surface area contributed by atoms with Crippen molar-refractivity contribution in [3.05, 3.63) is 54.1 Å². The molecule has 206 valence electrons. The van der Waals surface area contributed by atoms with Crippen LogP contribution in [0, 0.1) is 24.7 Å². The van der Waals surface area contributed by atoms with Crippen LogP contribution in [0.4, 0.5) is 5.69 Å². The first-order valence-corrected chi connectivity index (χ1v) is 13.5. The maximum atomic E-state index is 14.6. The van der Waals surface area contributed by atoms with E-state index < -0.39 is 29.1 Å². The predicted molar refractivity (Wildman–Crippen MR) is 147 cm³/mol. The van der Waals surface area contributed by atoms with Crippen molar-refractivity contribution in [3.63, 3.8) is 0 Å². The highest BCUT2D eigenvalue weighted by atomic mass is 35.5. The van der Waals surface area contributed by atoms with E-state index in [2.05, 4.69) is 13.2 Å². The molecule has 3 aliphatic rings. The first-order valence-electron chi connectivity index (χ1n) is 13.1. The molecule has 1 aromatic rings. The van der Waals surface area contributed by atoms with Crippen molar-refractivity contribution in [2.45, 2.75) is 50.9 Å². The number of aliphatic hydroxyl groups excluding tert-OH is 1. The van der Waals surface area contributed by atoms with Gasteiger partial charge in [-0.25, -0.2) is 0 Å². The Hall–Kier alpha value is -2.68. The number of anilines is 1. The van der Waals surface area contributed by atoms with E-state index in [1.807, 2.05) is 32.9 Å². The predicted octanol–water partition coefficient (Wildman–Crippen LogP) is 3.20. The zero-order valence-corrected chi connectivity index (χ0v) is 23.4. The summed E-state index contributed by atoms with van der Waals surface area (Å²) in [6.45, 7) is 13.9. The number of fused-ring (bicyclic) bond motifs is 1. The molecule has 0 aliphatic carbocycles. The Morgan fingerprint density at radius 2 is 1.95 bits per heavy atom. The number of carbonyl (C=O) groups is 3. The van der Waals surface area contributed by atoms with E-state index in [-0.39, 0.29) is 43.3 Å². The second-order valence-corrected chi connectivity index (χ2v) is 11.4. The summed E-state index contributed by atoms with van der Waals surface area (Å²) < 4.78 is 6.78. The van der Waals surface area contributed by atoms with E-state index in [0.29, 0.717) is 30.1 Å². The standard InChI is InChI=1S/C29H38ClN3O5/c1-7-13-31(6)25(35)21-22-26(36)33(15-10-16-34)24(29(22)17-19(4)28(21,5)38-29)27(37)32(14-8-2)23-18(3)11-9-12-20(23)30/h7-9,11-12,19,21-22,24,34H,1-2,10,13-17H2,3-6H3/t19?,21-,22+,24?,28+,29?/m1/s1. The van der Waals surface area contributed by atoms with E-state index in [4.69, 9.17) is 16.3 Å². The van der Waals surface area contributed by atoms with Crippen LogP contribution in [0.5, 0.6) is 0 Å². The second kappa shape index (κ2) is 10.5. The lowest BCUT2D eigenvalue weighted by atomic mass is 9.62. The molecule has 1 N–H and O–H groups in total. The topological polar surface area (TPSA) is 90.4 Å². The van der Waals surface area contributed by atoms with Crippen LogP contribution in [0.15, 0.2) is 43.5 Å². The van der Waals surface area contributed by atoms with Crippen molar-refractivity contribution >= 4 is 35.0 Å². The summed E-state index contributed by atoms with van der Waals surface area (Å²) in [5, 5.41) is 10.0. The Kier molecular flexibility index (Phi) is 7.81. The Bertz CT molecular complexity index is 1140. The average Bonchev–Trinajstić information content (AvgIpc) is 3.37. The minimum Gasteiger partial charge on any atom is -0.396 e. The van der Waals surface area contributed by atoms with Crippen LogP contribution in [-0.4, -0.2) is 83.2 Å². The lowest BCUT2D eigenvalue weighted by molar-refractivity contribution is -0.150. The van der Waals surface area contributed by atoms with Crippen LogP contribution in [0.3, 0.4) is 0 Å². The number of aryl methyl sites for hydroxylation is 1. The van der Waals surface area contributed by atoms with E-state index in [1.165, 1.54) is 4.90 Å². The van der Waals surface area contributed by atoms with Crippen LogP contribution in [-0.2, 0) is 19.1 Å². The first kappa shape index (κ1) is 28.3. The van der Waals surface area contributed by atoms with E-state index in [1.54, 1.807) is 35.1 Å². The van der Waals surface area contributed by atoms with Crippen molar-refractivity contribution in [3.8, 4) is 0 Å². The zero-order valence-electron chi connectivity index (χ0n) is 22.7. The number of benzene rings is 1. The second-order valence-electron chi connectivity index (χ2n) is 11.0. The van der Waals surface area contributed by atoms with Gasteiger partial charge >= 0.3 is 0 Å². The number of amides is 3. The minimum atomic E-state index is -1.18.